The lowest BCUT2D eigenvalue weighted by Gasteiger charge is -2.34. The molecule has 1 heterocycles. The van der Waals surface area contributed by atoms with Gasteiger partial charge in [-0.15, -0.1) is 0 Å². The molecule has 0 radical (unpaired) electrons. The average molecular weight is 206 g/mol. The van der Waals surface area contributed by atoms with Crippen molar-refractivity contribution >= 4 is 11.4 Å². The highest BCUT2D eigenvalue weighted by Gasteiger charge is 2.23. The van der Waals surface area contributed by atoms with Crippen LogP contribution in [0.4, 0.5) is 11.4 Å². The molecule has 0 spiro atoms. The Morgan fingerprint density at radius 2 is 2.07 bits per heavy atom. The number of hydrogen-bond donors (Lipinski definition) is 1. The maximum Gasteiger partial charge on any atom is 0.146 e. The Morgan fingerprint density at radius 3 is 2.73 bits per heavy atom. The van der Waals surface area contributed by atoms with E-state index >= 15 is 0 Å². The fourth-order valence-corrected chi connectivity index (χ4v) is 2.05. The predicted octanol–water partition coefficient (Wildman–Crippen LogP) is 2.10. The quantitative estimate of drug-likeness (QED) is 0.661. The molecule has 0 saturated carbocycles. The summed E-state index contributed by atoms with van der Waals surface area (Å²) in [5, 5.41) is 0. The van der Waals surface area contributed by atoms with Crippen LogP contribution in [-0.2, 0) is 0 Å². The van der Waals surface area contributed by atoms with Gasteiger partial charge in [0, 0.05) is 12.7 Å². The third-order valence-corrected chi connectivity index (χ3v) is 3.12. The smallest absolute Gasteiger partial charge is 0.146 e. The topological polar surface area (TPSA) is 38.5 Å². The first-order valence-electron chi connectivity index (χ1n) is 5.28. The number of nitrogens with zero attached hydrogens (tertiary/aromatic N) is 1. The maximum atomic E-state index is 5.96. The second-order valence-electron chi connectivity index (χ2n) is 4.37. The predicted molar refractivity (Wildman–Crippen MR) is 63.7 cm³/mol. The molecule has 2 N–H and O–H groups in total. The molecule has 0 bridgehead atoms. The third kappa shape index (κ3) is 1.52. The number of likely N-dealkylation sites (N-methyl/N-ethyl adjacent to an activating group) is 1. The van der Waals surface area contributed by atoms with Crippen LogP contribution >= 0.6 is 0 Å². The summed E-state index contributed by atoms with van der Waals surface area (Å²) in [5.74, 6) is 0.989. The van der Waals surface area contributed by atoms with E-state index in [1.807, 2.05) is 13.0 Å². The second kappa shape index (κ2) is 3.33. The highest BCUT2D eigenvalue weighted by molar-refractivity contribution is 5.72. The van der Waals surface area contributed by atoms with E-state index in [-0.39, 0.29) is 6.10 Å². The summed E-state index contributed by atoms with van der Waals surface area (Å²) in [6.07, 6.45) is 0.240. The number of rotatable bonds is 0. The van der Waals surface area contributed by atoms with Crippen molar-refractivity contribution in [1.29, 1.82) is 0 Å². The molecule has 0 aromatic heterocycles. The molecule has 1 aromatic carbocycles. The molecule has 0 fully saturated rings. The lowest BCUT2D eigenvalue weighted by Crippen LogP contribution is -2.36. The Morgan fingerprint density at radius 1 is 1.40 bits per heavy atom. The molecule has 3 nitrogen and oxygen atoms in total. The highest BCUT2D eigenvalue weighted by atomic mass is 16.5. The van der Waals surface area contributed by atoms with E-state index in [0.717, 1.165) is 34.8 Å². The minimum atomic E-state index is 0.240. The molecule has 1 aromatic rings. The molecule has 2 rings (SSSR count). The van der Waals surface area contributed by atoms with E-state index < -0.39 is 0 Å². The van der Waals surface area contributed by atoms with Gasteiger partial charge in [0.15, 0.2) is 0 Å². The van der Waals surface area contributed by atoms with Crippen LogP contribution in [0, 0.1) is 13.8 Å². The van der Waals surface area contributed by atoms with E-state index in [9.17, 15) is 0 Å². The Hall–Kier alpha value is -1.38. The van der Waals surface area contributed by atoms with Crippen molar-refractivity contribution in [2.24, 2.45) is 0 Å². The Labute approximate surface area is 90.8 Å². The first-order valence-corrected chi connectivity index (χ1v) is 5.28. The molecule has 82 valence electrons. The number of nitrogen functional groups attached to an aromatic ring is 1. The third-order valence-electron chi connectivity index (χ3n) is 3.12. The van der Waals surface area contributed by atoms with Crippen LogP contribution in [0.5, 0.6) is 5.75 Å². The van der Waals surface area contributed by atoms with Gasteiger partial charge in [0.05, 0.1) is 12.2 Å². The number of benzene rings is 1. The van der Waals surface area contributed by atoms with Crippen LogP contribution in [0.15, 0.2) is 6.07 Å². The molecule has 1 atom stereocenters. The zero-order chi connectivity index (χ0) is 11.2. The minimum Gasteiger partial charge on any atom is -0.486 e. The van der Waals surface area contributed by atoms with Crippen LogP contribution in [0.3, 0.4) is 0 Å². The van der Waals surface area contributed by atoms with E-state index in [0.29, 0.717) is 0 Å². The summed E-state index contributed by atoms with van der Waals surface area (Å²) in [6, 6.07) is 2.00. The Bertz CT molecular complexity index is 401. The molecule has 0 amide bonds. The van der Waals surface area contributed by atoms with Crippen molar-refractivity contribution in [2.45, 2.75) is 26.9 Å². The zero-order valence-electron chi connectivity index (χ0n) is 9.79. The van der Waals surface area contributed by atoms with Crippen molar-refractivity contribution in [1.82, 2.24) is 0 Å². The molecule has 0 saturated heterocycles. The van der Waals surface area contributed by atoms with Gasteiger partial charge < -0.3 is 15.4 Å². The average Bonchev–Trinajstić information content (AvgIpc) is 2.17. The summed E-state index contributed by atoms with van der Waals surface area (Å²) >= 11 is 0. The molecular weight excluding hydrogens is 188 g/mol. The standard InChI is InChI=1S/C12H18N2O/c1-7-6-14(4)11-5-10(13)8(2)9(3)12(11)15-7/h5,7H,6,13H2,1-4H3. The Kier molecular flexibility index (Phi) is 2.25. The first kappa shape index (κ1) is 10.1. The van der Waals surface area contributed by atoms with Gasteiger partial charge in [0.2, 0.25) is 0 Å². The van der Waals surface area contributed by atoms with Gasteiger partial charge in [-0.05, 0) is 38.0 Å². The molecule has 1 aliphatic rings. The molecule has 15 heavy (non-hydrogen) atoms. The summed E-state index contributed by atoms with van der Waals surface area (Å²) < 4.78 is 5.87. The van der Waals surface area contributed by atoms with Crippen LogP contribution < -0.4 is 15.4 Å². The van der Waals surface area contributed by atoms with Crippen molar-refractivity contribution < 1.29 is 4.74 Å². The van der Waals surface area contributed by atoms with Gasteiger partial charge >= 0.3 is 0 Å². The van der Waals surface area contributed by atoms with Gasteiger partial charge in [0.25, 0.3) is 0 Å². The molecule has 1 unspecified atom stereocenters. The van der Waals surface area contributed by atoms with Crippen LogP contribution in [-0.4, -0.2) is 19.7 Å². The number of nitrogens with two attached hydrogens (primary N) is 1. The summed E-state index contributed by atoms with van der Waals surface area (Å²) in [4.78, 5) is 2.20. The lowest BCUT2D eigenvalue weighted by molar-refractivity contribution is 0.214. The SMILES string of the molecule is Cc1c(N)cc2c(c1C)OC(C)CN2C. The normalized spacial score (nSPS) is 19.7. The number of anilines is 2. The van der Waals surface area contributed by atoms with Crippen molar-refractivity contribution in [3.05, 3.63) is 17.2 Å². The Balaban J connectivity index is 2.60. The summed E-state index contributed by atoms with van der Waals surface area (Å²) in [7, 11) is 2.08. The van der Waals surface area contributed by atoms with Crippen molar-refractivity contribution in [3.8, 4) is 5.75 Å². The van der Waals surface area contributed by atoms with E-state index in [2.05, 4.69) is 25.8 Å². The van der Waals surface area contributed by atoms with Gasteiger partial charge in [-0.3, -0.25) is 0 Å². The van der Waals surface area contributed by atoms with Gasteiger partial charge in [-0.25, -0.2) is 0 Å². The summed E-state index contributed by atoms with van der Waals surface area (Å²) in [5.41, 5.74) is 10.2. The lowest BCUT2D eigenvalue weighted by atomic mass is 10.0. The molecular formula is C12H18N2O. The zero-order valence-corrected chi connectivity index (χ0v) is 9.79. The van der Waals surface area contributed by atoms with Gasteiger partial charge in [-0.2, -0.15) is 0 Å². The first-order chi connectivity index (χ1) is 7.00. The highest BCUT2D eigenvalue weighted by Crippen LogP contribution is 2.39. The maximum absolute atomic E-state index is 5.96. The van der Waals surface area contributed by atoms with E-state index in [4.69, 9.17) is 10.5 Å². The van der Waals surface area contributed by atoms with Gasteiger partial charge in [-0.1, -0.05) is 0 Å². The minimum absolute atomic E-state index is 0.240. The molecule has 1 aliphatic heterocycles. The number of fused-ring (bicyclic) bond motifs is 1. The van der Waals surface area contributed by atoms with Crippen LogP contribution in [0.1, 0.15) is 18.1 Å². The largest absolute Gasteiger partial charge is 0.486 e. The molecule has 0 aliphatic carbocycles. The van der Waals surface area contributed by atoms with Crippen LogP contribution in [0.25, 0.3) is 0 Å². The van der Waals surface area contributed by atoms with E-state index in [1.165, 1.54) is 0 Å². The monoisotopic (exact) mass is 206 g/mol. The number of hydrogen-bond acceptors (Lipinski definition) is 3. The number of ether oxygens (including phenoxy) is 1. The van der Waals surface area contributed by atoms with Crippen molar-refractivity contribution in [2.75, 3.05) is 24.2 Å². The van der Waals surface area contributed by atoms with Crippen molar-refractivity contribution in [3.63, 3.8) is 0 Å². The second-order valence-corrected chi connectivity index (χ2v) is 4.37. The molecule has 3 heteroatoms. The van der Waals surface area contributed by atoms with E-state index in [1.54, 1.807) is 0 Å². The fraction of sp³-hybridized carbons (Fsp3) is 0.500. The van der Waals surface area contributed by atoms with Crippen LogP contribution in [0.2, 0.25) is 0 Å². The summed E-state index contributed by atoms with van der Waals surface area (Å²) in [6.45, 7) is 7.10. The fourth-order valence-electron chi connectivity index (χ4n) is 2.05. The van der Waals surface area contributed by atoms with Gasteiger partial charge in [0.1, 0.15) is 11.9 Å².